The highest BCUT2D eigenvalue weighted by Gasteiger charge is 2.13. The molecular formula is C24H22N4O2S. The van der Waals surface area contributed by atoms with Gasteiger partial charge in [-0.3, -0.25) is 0 Å². The fourth-order valence-electron chi connectivity index (χ4n) is 3.60. The van der Waals surface area contributed by atoms with Gasteiger partial charge < -0.3 is 18.3 Å². The van der Waals surface area contributed by atoms with Crippen molar-refractivity contribution in [3.8, 4) is 17.2 Å². The molecule has 0 amide bonds. The van der Waals surface area contributed by atoms with Gasteiger partial charge in [-0.25, -0.2) is 9.98 Å². The molecule has 0 aliphatic rings. The van der Waals surface area contributed by atoms with E-state index >= 15 is 0 Å². The zero-order valence-corrected chi connectivity index (χ0v) is 18.0. The summed E-state index contributed by atoms with van der Waals surface area (Å²) < 4.78 is 16.0. The monoisotopic (exact) mass is 430 g/mol. The van der Waals surface area contributed by atoms with Gasteiger partial charge in [-0.15, -0.1) is 11.3 Å². The molecule has 0 radical (unpaired) electrons. The van der Waals surface area contributed by atoms with E-state index in [2.05, 4.69) is 31.6 Å². The molecule has 156 valence electrons. The molecule has 0 unspecified atom stereocenters. The maximum atomic E-state index is 6.16. The van der Waals surface area contributed by atoms with Crippen LogP contribution in [0.3, 0.4) is 0 Å². The smallest absolute Gasteiger partial charge is 0.190 e. The fraction of sp³-hybridized carbons (Fsp3) is 0.167. The van der Waals surface area contributed by atoms with Crippen LogP contribution < -0.4 is 9.54 Å². The van der Waals surface area contributed by atoms with Crippen LogP contribution in [0.1, 0.15) is 6.42 Å². The summed E-state index contributed by atoms with van der Waals surface area (Å²) >= 11 is 1.60. The normalized spacial score (nSPS) is 12.0. The van der Waals surface area contributed by atoms with Crippen LogP contribution in [0, 0.1) is 0 Å². The summed E-state index contributed by atoms with van der Waals surface area (Å²) in [5.41, 5.74) is 2.73. The molecule has 0 atom stereocenters. The van der Waals surface area contributed by atoms with Crippen molar-refractivity contribution in [1.82, 2.24) is 14.1 Å². The van der Waals surface area contributed by atoms with Crippen LogP contribution in [0.5, 0.6) is 5.75 Å². The molecule has 0 fully saturated rings. The number of fused-ring (bicyclic) bond motifs is 1. The number of aromatic nitrogens is 3. The highest BCUT2D eigenvalue weighted by Crippen LogP contribution is 2.30. The molecule has 6 nitrogen and oxygen atoms in total. The summed E-state index contributed by atoms with van der Waals surface area (Å²) in [4.78, 5) is 9.96. The second kappa shape index (κ2) is 8.65. The first-order valence-electron chi connectivity index (χ1n) is 10.1. The van der Waals surface area contributed by atoms with E-state index in [1.807, 2.05) is 55.0 Å². The first kappa shape index (κ1) is 19.4. The maximum Gasteiger partial charge on any atom is 0.190 e. The van der Waals surface area contributed by atoms with Crippen molar-refractivity contribution < 1.29 is 9.15 Å². The minimum atomic E-state index is 0.756. The predicted molar refractivity (Wildman–Crippen MR) is 123 cm³/mol. The van der Waals surface area contributed by atoms with E-state index in [4.69, 9.17) is 14.1 Å². The molecular weight excluding hydrogens is 408 g/mol. The molecule has 0 spiro atoms. The molecule has 0 aliphatic carbocycles. The largest absolute Gasteiger partial charge is 0.494 e. The van der Waals surface area contributed by atoms with Gasteiger partial charge in [0.2, 0.25) is 0 Å². The number of para-hydroxylation sites is 3. The number of benzene rings is 2. The van der Waals surface area contributed by atoms with Crippen molar-refractivity contribution in [2.24, 2.45) is 4.99 Å². The van der Waals surface area contributed by atoms with E-state index in [1.54, 1.807) is 24.6 Å². The minimum Gasteiger partial charge on any atom is -0.494 e. The number of imidazole rings is 1. The van der Waals surface area contributed by atoms with E-state index < -0.39 is 0 Å². The SMILES string of the molecule is COc1ccccc1N=c1scc(-c2cc3ccccc3o2)n1CCCn1ccnc1. The van der Waals surface area contributed by atoms with E-state index in [1.165, 1.54) is 0 Å². The van der Waals surface area contributed by atoms with Crippen LogP contribution in [0.15, 0.2) is 88.1 Å². The van der Waals surface area contributed by atoms with Crippen molar-refractivity contribution in [2.45, 2.75) is 19.5 Å². The molecule has 2 aromatic carbocycles. The predicted octanol–water partition coefficient (Wildman–Crippen LogP) is 5.49. The molecule has 31 heavy (non-hydrogen) atoms. The number of rotatable bonds is 7. The standard InChI is InChI=1S/C24H22N4O2S/c1-29-22-10-5-3-8-19(22)26-24-28(13-6-12-27-14-11-25-17-27)20(16-31-24)23-15-18-7-2-4-9-21(18)30-23/h2-5,7-11,14-17H,6,12-13H2,1H3. The Morgan fingerprint density at radius 2 is 1.97 bits per heavy atom. The maximum absolute atomic E-state index is 6.16. The van der Waals surface area contributed by atoms with E-state index in [-0.39, 0.29) is 0 Å². The Kier molecular flexibility index (Phi) is 5.41. The lowest BCUT2D eigenvalue weighted by atomic mass is 10.2. The third-order valence-corrected chi connectivity index (χ3v) is 6.00. The molecule has 0 bridgehead atoms. The lowest BCUT2D eigenvalue weighted by Gasteiger charge is -2.09. The van der Waals surface area contributed by atoms with Crippen LogP contribution in [0.2, 0.25) is 0 Å². The summed E-state index contributed by atoms with van der Waals surface area (Å²) in [6.07, 6.45) is 6.58. The number of hydrogen-bond acceptors (Lipinski definition) is 5. The second-order valence-electron chi connectivity index (χ2n) is 7.14. The molecule has 0 saturated carbocycles. The summed E-state index contributed by atoms with van der Waals surface area (Å²) in [5.74, 6) is 1.60. The number of ether oxygens (including phenoxy) is 1. The van der Waals surface area contributed by atoms with E-state index in [9.17, 15) is 0 Å². The number of hydrogen-bond donors (Lipinski definition) is 0. The Morgan fingerprint density at radius 3 is 2.81 bits per heavy atom. The van der Waals surface area contributed by atoms with Crippen molar-refractivity contribution >= 4 is 28.0 Å². The van der Waals surface area contributed by atoms with Crippen LogP contribution in [-0.2, 0) is 13.1 Å². The van der Waals surface area contributed by atoms with Gasteiger partial charge in [0, 0.05) is 36.2 Å². The van der Waals surface area contributed by atoms with Crippen molar-refractivity contribution in [3.63, 3.8) is 0 Å². The van der Waals surface area contributed by atoms with Gasteiger partial charge in [0.1, 0.15) is 17.0 Å². The quantitative estimate of drug-likeness (QED) is 0.343. The van der Waals surface area contributed by atoms with Crippen molar-refractivity contribution in [1.29, 1.82) is 0 Å². The van der Waals surface area contributed by atoms with Gasteiger partial charge in [0.05, 0.1) is 19.1 Å². The Bertz CT molecular complexity index is 1330. The lowest BCUT2D eigenvalue weighted by Crippen LogP contribution is -2.17. The summed E-state index contributed by atoms with van der Waals surface area (Å²) in [6.45, 7) is 1.69. The molecule has 5 aromatic rings. The highest BCUT2D eigenvalue weighted by molar-refractivity contribution is 7.07. The van der Waals surface area contributed by atoms with E-state index in [0.717, 1.165) is 58.2 Å². The fourth-order valence-corrected chi connectivity index (χ4v) is 4.52. The average Bonchev–Trinajstić information content (AvgIpc) is 3.54. The first-order chi connectivity index (χ1) is 15.3. The molecule has 3 heterocycles. The third-order valence-electron chi connectivity index (χ3n) is 5.13. The molecule has 3 aromatic heterocycles. The topological polar surface area (TPSA) is 57.5 Å². The zero-order valence-electron chi connectivity index (χ0n) is 17.1. The zero-order chi connectivity index (χ0) is 21.0. The Morgan fingerprint density at radius 1 is 1.10 bits per heavy atom. The lowest BCUT2D eigenvalue weighted by molar-refractivity contribution is 0.416. The van der Waals surface area contributed by atoms with Crippen LogP contribution in [-0.4, -0.2) is 21.2 Å². The van der Waals surface area contributed by atoms with Gasteiger partial charge in [-0.1, -0.05) is 30.3 Å². The molecule has 0 aliphatic heterocycles. The Labute approximate surface area is 183 Å². The average molecular weight is 431 g/mol. The van der Waals surface area contributed by atoms with Crippen molar-refractivity contribution in [2.75, 3.05) is 7.11 Å². The number of aryl methyl sites for hydroxylation is 1. The van der Waals surface area contributed by atoms with Crippen LogP contribution in [0.4, 0.5) is 5.69 Å². The first-order valence-corrected chi connectivity index (χ1v) is 11.0. The second-order valence-corrected chi connectivity index (χ2v) is 7.98. The molecule has 0 saturated heterocycles. The Balaban J connectivity index is 1.56. The van der Waals surface area contributed by atoms with Gasteiger partial charge in [0.25, 0.3) is 0 Å². The molecule has 7 heteroatoms. The van der Waals surface area contributed by atoms with E-state index in [0.29, 0.717) is 0 Å². The number of furan rings is 1. The summed E-state index contributed by atoms with van der Waals surface area (Å²) in [6, 6.07) is 18.0. The van der Waals surface area contributed by atoms with Crippen molar-refractivity contribution in [3.05, 3.63) is 83.5 Å². The third kappa shape index (κ3) is 4.04. The van der Waals surface area contributed by atoms with Gasteiger partial charge in [0.15, 0.2) is 10.6 Å². The molecule has 0 N–H and O–H groups in total. The number of thiazole rings is 1. The highest BCUT2D eigenvalue weighted by atomic mass is 32.1. The number of methoxy groups -OCH3 is 1. The van der Waals surface area contributed by atoms with Gasteiger partial charge in [-0.2, -0.15) is 0 Å². The number of nitrogens with zero attached hydrogens (tertiary/aromatic N) is 4. The summed E-state index contributed by atoms with van der Waals surface area (Å²) in [5, 5.41) is 3.21. The van der Waals surface area contributed by atoms with Crippen LogP contribution in [0.25, 0.3) is 22.4 Å². The summed E-state index contributed by atoms with van der Waals surface area (Å²) in [7, 11) is 1.67. The minimum absolute atomic E-state index is 0.756. The van der Waals surface area contributed by atoms with Gasteiger partial charge >= 0.3 is 0 Å². The van der Waals surface area contributed by atoms with Crippen LogP contribution >= 0.6 is 11.3 Å². The molecule has 5 rings (SSSR count). The van der Waals surface area contributed by atoms with Gasteiger partial charge in [-0.05, 0) is 30.7 Å². The Hall–Kier alpha value is -3.58.